The molecule has 1 saturated heterocycles. The van der Waals surface area contributed by atoms with Crippen molar-refractivity contribution in [3.8, 4) is 6.07 Å². The summed E-state index contributed by atoms with van der Waals surface area (Å²) in [7, 11) is 0. The van der Waals surface area contributed by atoms with Gasteiger partial charge in [0, 0.05) is 5.69 Å². The van der Waals surface area contributed by atoms with E-state index >= 15 is 4.39 Å². The molecule has 0 saturated carbocycles. The molecule has 0 aliphatic carbocycles. The lowest BCUT2D eigenvalue weighted by atomic mass is 10.0. The lowest BCUT2D eigenvalue weighted by Crippen LogP contribution is -2.44. The Kier molecular flexibility index (Phi) is 6.74. The van der Waals surface area contributed by atoms with E-state index in [1.807, 2.05) is 0 Å². The molecule has 0 radical (unpaired) electrons. The molecule has 1 heterocycles. The van der Waals surface area contributed by atoms with Gasteiger partial charge in [-0.25, -0.2) is 4.39 Å². The highest BCUT2D eigenvalue weighted by atomic mass is 32.1. The van der Waals surface area contributed by atoms with E-state index in [0.29, 0.717) is 5.69 Å². The van der Waals surface area contributed by atoms with Crippen LogP contribution in [0.15, 0.2) is 36.4 Å². The molecule has 174 valence electrons. The number of aliphatic hydroxyl groups is 1. The molecule has 2 aromatic rings. The Morgan fingerprint density at radius 2 is 1.82 bits per heavy atom. The molecule has 0 atom stereocenters. The maximum absolute atomic E-state index is 15.0. The van der Waals surface area contributed by atoms with Crippen molar-refractivity contribution in [2.24, 2.45) is 0 Å². The van der Waals surface area contributed by atoms with Crippen LogP contribution >= 0.6 is 12.2 Å². The van der Waals surface area contributed by atoms with Gasteiger partial charge in [-0.1, -0.05) is 12.1 Å². The van der Waals surface area contributed by atoms with E-state index in [4.69, 9.17) is 27.3 Å². The molecule has 2 aromatic carbocycles. The Labute approximate surface area is 192 Å². The van der Waals surface area contributed by atoms with Crippen LogP contribution in [0.25, 0.3) is 0 Å². The Morgan fingerprint density at radius 3 is 2.36 bits per heavy atom. The van der Waals surface area contributed by atoms with Crippen molar-refractivity contribution in [2.45, 2.75) is 32.2 Å². The average molecular weight is 481 g/mol. The number of thiocarbonyl (C=S) groups is 1. The molecule has 6 nitrogen and oxygen atoms in total. The minimum Gasteiger partial charge on any atom is -0.394 e. The molecule has 3 rings (SSSR count). The first-order chi connectivity index (χ1) is 15.4. The maximum Gasteiger partial charge on any atom is 0.420 e. The quantitative estimate of drug-likeness (QED) is 0.380. The average Bonchev–Trinajstić information content (AvgIpc) is 2.92. The number of hydrogen-bond acceptors (Lipinski definition) is 5. The summed E-state index contributed by atoms with van der Waals surface area (Å²) in [6.45, 7) is 3.34. The minimum absolute atomic E-state index is 0.117. The zero-order valence-corrected chi connectivity index (χ0v) is 18.4. The van der Waals surface area contributed by atoms with Gasteiger partial charge in [-0.05, 0) is 55.9 Å². The number of carbonyl (C=O) groups is 1. The van der Waals surface area contributed by atoms with Crippen molar-refractivity contribution < 1.29 is 32.2 Å². The third kappa shape index (κ3) is 4.42. The fourth-order valence-electron chi connectivity index (χ4n) is 3.54. The number of halogens is 4. The highest BCUT2D eigenvalue weighted by Crippen LogP contribution is 2.41. The van der Waals surface area contributed by atoms with Gasteiger partial charge in [-0.3, -0.25) is 9.69 Å². The van der Waals surface area contributed by atoms with Gasteiger partial charge in [0.15, 0.2) is 10.9 Å². The van der Waals surface area contributed by atoms with Gasteiger partial charge >= 0.3 is 6.18 Å². The summed E-state index contributed by atoms with van der Waals surface area (Å²) in [6.07, 6.45) is -5.14. The van der Waals surface area contributed by atoms with E-state index in [-0.39, 0.29) is 24.9 Å². The van der Waals surface area contributed by atoms with Crippen LogP contribution in [0.3, 0.4) is 0 Å². The van der Waals surface area contributed by atoms with Gasteiger partial charge in [0.2, 0.25) is 0 Å². The van der Waals surface area contributed by atoms with Crippen molar-refractivity contribution in [3.05, 3.63) is 58.9 Å². The van der Waals surface area contributed by atoms with E-state index in [2.05, 4.69) is 0 Å². The zero-order chi connectivity index (χ0) is 24.6. The van der Waals surface area contributed by atoms with Crippen LogP contribution in [-0.4, -0.2) is 34.9 Å². The molecule has 0 bridgehead atoms. The number of hydrogen-bond donors (Lipinski definition) is 1. The normalized spacial score (nSPS) is 15.8. The van der Waals surface area contributed by atoms with Crippen LogP contribution in [0.2, 0.25) is 0 Å². The van der Waals surface area contributed by atoms with E-state index in [9.17, 15) is 18.0 Å². The molecule has 33 heavy (non-hydrogen) atoms. The summed E-state index contributed by atoms with van der Waals surface area (Å²) in [4.78, 5) is 15.3. The topological polar surface area (TPSA) is 76.8 Å². The van der Waals surface area contributed by atoms with Crippen molar-refractivity contribution in [1.29, 1.82) is 5.26 Å². The number of rotatable bonds is 6. The molecule has 1 amide bonds. The fourth-order valence-corrected chi connectivity index (χ4v) is 4.06. The molecule has 1 aliphatic rings. The molecule has 11 heteroatoms. The van der Waals surface area contributed by atoms with Crippen molar-refractivity contribution in [2.75, 3.05) is 23.0 Å². The minimum atomic E-state index is -5.14. The van der Waals surface area contributed by atoms with E-state index in [1.54, 1.807) is 24.3 Å². The fraction of sp³-hybridized carbons (Fsp3) is 0.318. The largest absolute Gasteiger partial charge is 0.420 e. The third-order valence-corrected chi connectivity index (χ3v) is 5.50. The van der Waals surface area contributed by atoms with Gasteiger partial charge in [0.05, 0.1) is 37.1 Å². The number of carbonyl (C=O) groups excluding carboxylic acids is 1. The molecule has 0 spiro atoms. The first kappa shape index (κ1) is 24.6. The lowest BCUT2D eigenvalue weighted by molar-refractivity contribution is -0.140. The molecule has 0 unspecified atom stereocenters. The summed E-state index contributed by atoms with van der Waals surface area (Å²) in [6, 6.07) is 9.80. The van der Waals surface area contributed by atoms with Crippen LogP contribution in [0.1, 0.15) is 30.5 Å². The van der Waals surface area contributed by atoms with E-state index < -0.39 is 40.3 Å². The SMILES string of the molecule is CC1(C)C(=O)N(c2ccc(C#N)c(C(F)(F)F)c2F)C(=S)N1c1ccc(COCCO)cc1. The predicted molar refractivity (Wildman–Crippen MR) is 116 cm³/mol. The number of benzene rings is 2. The lowest BCUT2D eigenvalue weighted by Gasteiger charge is -2.29. The predicted octanol–water partition coefficient (Wildman–Crippen LogP) is 4.14. The second-order valence-electron chi connectivity index (χ2n) is 7.69. The first-order valence-corrected chi connectivity index (χ1v) is 10.1. The standard InChI is InChI=1S/C22H19F4N3O3S/c1-21(2)19(31)28(16-8-5-14(11-27)17(18(16)23)22(24,25)26)20(33)29(21)15-6-3-13(4-7-15)12-32-10-9-30/h3-8,30H,9-10,12H2,1-2H3. The number of amides is 1. The number of alkyl halides is 3. The number of aliphatic hydroxyl groups excluding tert-OH is 1. The van der Waals surface area contributed by atoms with Crippen LogP contribution in [0.4, 0.5) is 28.9 Å². The number of nitriles is 1. The molecular weight excluding hydrogens is 462 g/mol. The Hall–Kier alpha value is -3.07. The summed E-state index contributed by atoms with van der Waals surface area (Å²) in [5.41, 5.74) is -3.40. The maximum atomic E-state index is 15.0. The number of nitrogens with zero attached hydrogens (tertiary/aromatic N) is 3. The van der Waals surface area contributed by atoms with Gasteiger partial charge in [-0.15, -0.1) is 0 Å². The smallest absolute Gasteiger partial charge is 0.394 e. The molecule has 1 N–H and O–H groups in total. The molecule has 1 fully saturated rings. The monoisotopic (exact) mass is 481 g/mol. The Bertz CT molecular complexity index is 1130. The van der Waals surface area contributed by atoms with Crippen molar-refractivity contribution >= 4 is 34.6 Å². The summed E-state index contributed by atoms with van der Waals surface area (Å²) >= 11 is 5.39. The van der Waals surface area contributed by atoms with Crippen molar-refractivity contribution in [1.82, 2.24) is 0 Å². The Balaban J connectivity index is 2.02. The molecule has 1 aliphatic heterocycles. The first-order valence-electron chi connectivity index (χ1n) is 9.71. The number of ether oxygens (including phenoxy) is 1. The second-order valence-corrected chi connectivity index (χ2v) is 8.06. The second kappa shape index (κ2) is 9.05. The van der Waals surface area contributed by atoms with Crippen LogP contribution in [0.5, 0.6) is 0 Å². The van der Waals surface area contributed by atoms with Gasteiger partial charge < -0.3 is 14.7 Å². The van der Waals surface area contributed by atoms with Crippen LogP contribution in [0, 0.1) is 17.1 Å². The highest BCUT2D eigenvalue weighted by molar-refractivity contribution is 7.81. The molecular formula is C22H19F4N3O3S. The van der Waals surface area contributed by atoms with Gasteiger partial charge in [-0.2, -0.15) is 18.4 Å². The highest BCUT2D eigenvalue weighted by Gasteiger charge is 2.51. The van der Waals surface area contributed by atoms with E-state index in [1.165, 1.54) is 24.8 Å². The van der Waals surface area contributed by atoms with Crippen LogP contribution < -0.4 is 9.80 Å². The Morgan fingerprint density at radius 1 is 1.18 bits per heavy atom. The number of anilines is 2. The molecule has 0 aromatic heterocycles. The summed E-state index contributed by atoms with van der Waals surface area (Å²) in [5, 5.41) is 17.6. The van der Waals surface area contributed by atoms with Gasteiger partial charge in [0.25, 0.3) is 5.91 Å². The zero-order valence-electron chi connectivity index (χ0n) is 17.6. The third-order valence-electron chi connectivity index (χ3n) is 5.13. The van der Waals surface area contributed by atoms with Crippen LogP contribution in [-0.2, 0) is 22.3 Å². The summed E-state index contributed by atoms with van der Waals surface area (Å²) < 4.78 is 60.6. The summed E-state index contributed by atoms with van der Waals surface area (Å²) in [5.74, 6) is -2.47. The van der Waals surface area contributed by atoms with Gasteiger partial charge in [0.1, 0.15) is 11.1 Å². The van der Waals surface area contributed by atoms with Crippen molar-refractivity contribution in [3.63, 3.8) is 0 Å². The van der Waals surface area contributed by atoms with E-state index in [0.717, 1.165) is 22.6 Å².